The second-order valence-corrected chi connectivity index (χ2v) is 4.89. The first kappa shape index (κ1) is 10.2. The molecule has 1 aromatic rings. The zero-order chi connectivity index (χ0) is 9.97. The summed E-state index contributed by atoms with van der Waals surface area (Å²) in [6, 6.07) is 10.9. The summed E-state index contributed by atoms with van der Waals surface area (Å²) in [5.74, 6) is 2.65. The van der Waals surface area contributed by atoms with Crippen LogP contribution in [-0.4, -0.2) is 5.33 Å². The van der Waals surface area contributed by atoms with Gasteiger partial charge < -0.3 is 0 Å². The maximum absolute atomic E-state index is 3.62. The largest absolute Gasteiger partial charge is 0.0925 e. The average molecular weight is 253 g/mol. The molecule has 0 saturated heterocycles. The summed E-state index contributed by atoms with van der Waals surface area (Å²) < 4.78 is 0. The third-order valence-corrected chi connectivity index (χ3v) is 4.23. The molecule has 0 N–H and O–H groups in total. The first-order chi connectivity index (χ1) is 6.86. The van der Waals surface area contributed by atoms with Crippen molar-refractivity contribution >= 4 is 15.9 Å². The summed E-state index contributed by atoms with van der Waals surface area (Å²) in [5.41, 5.74) is 1.54. The van der Waals surface area contributed by atoms with Crippen LogP contribution in [0.3, 0.4) is 0 Å². The first-order valence-corrected chi connectivity index (χ1v) is 6.59. The van der Waals surface area contributed by atoms with Gasteiger partial charge in [-0.1, -0.05) is 59.6 Å². The van der Waals surface area contributed by atoms with Crippen LogP contribution in [0.1, 0.15) is 31.2 Å². The molecule has 1 aliphatic rings. The lowest BCUT2D eigenvalue weighted by molar-refractivity contribution is 0.494. The molecular formula is C13H17Br. The van der Waals surface area contributed by atoms with Gasteiger partial charge in [-0.05, 0) is 29.7 Å². The Labute approximate surface area is 94.8 Å². The van der Waals surface area contributed by atoms with Gasteiger partial charge in [0.1, 0.15) is 0 Å². The molecule has 1 saturated carbocycles. The van der Waals surface area contributed by atoms with E-state index in [2.05, 4.69) is 53.2 Å². The number of alkyl halides is 1. The third-order valence-electron chi connectivity index (χ3n) is 3.40. The van der Waals surface area contributed by atoms with E-state index in [1.54, 1.807) is 0 Å². The molecule has 1 aromatic carbocycles. The highest BCUT2D eigenvalue weighted by Gasteiger charge is 2.42. The number of hydrogen-bond donors (Lipinski definition) is 0. The summed E-state index contributed by atoms with van der Waals surface area (Å²) in [7, 11) is 0. The Morgan fingerprint density at radius 3 is 2.64 bits per heavy atom. The van der Waals surface area contributed by atoms with Crippen LogP contribution >= 0.6 is 15.9 Å². The number of rotatable bonds is 4. The van der Waals surface area contributed by atoms with Crippen molar-refractivity contribution in [2.24, 2.45) is 11.8 Å². The highest BCUT2D eigenvalue weighted by atomic mass is 79.9. The maximum Gasteiger partial charge on any atom is 0.00624 e. The number of benzene rings is 1. The quantitative estimate of drug-likeness (QED) is 0.705. The van der Waals surface area contributed by atoms with Crippen molar-refractivity contribution in [3.8, 4) is 0 Å². The van der Waals surface area contributed by atoms with E-state index in [9.17, 15) is 0 Å². The van der Waals surface area contributed by atoms with Gasteiger partial charge in [0.2, 0.25) is 0 Å². The van der Waals surface area contributed by atoms with Crippen molar-refractivity contribution in [1.82, 2.24) is 0 Å². The molecule has 0 aliphatic heterocycles. The second-order valence-electron chi connectivity index (χ2n) is 4.24. The van der Waals surface area contributed by atoms with E-state index in [1.165, 1.54) is 18.4 Å². The SMILES string of the molecule is CCC(CBr)C1CC1c1ccccc1. The van der Waals surface area contributed by atoms with Crippen LogP contribution in [0.4, 0.5) is 0 Å². The van der Waals surface area contributed by atoms with Gasteiger partial charge >= 0.3 is 0 Å². The summed E-state index contributed by atoms with van der Waals surface area (Å²) in [5, 5.41) is 1.16. The molecule has 1 heteroatoms. The Balaban J connectivity index is 1.99. The van der Waals surface area contributed by atoms with E-state index in [0.717, 1.165) is 23.1 Å². The van der Waals surface area contributed by atoms with E-state index in [0.29, 0.717) is 0 Å². The molecule has 3 unspecified atom stereocenters. The highest BCUT2D eigenvalue weighted by Crippen LogP contribution is 2.52. The minimum Gasteiger partial charge on any atom is -0.0925 e. The summed E-state index contributed by atoms with van der Waals surface area (Å²) >= 11 is 3.62. The van der Waals surface area contributed by atoms with Crippen molar-refractivity contribution in [1.29, 1.82) is 0 Å². The topological polar surface area (TPSA) is 0 Å². The molecule has 0 nitrogen and oxygen atoms in total. The van der Waals surface area contributed by atoms with Gasteiger partial charge in [0.25, 0.3) is 0 Å². The minimum absolute atomic E-state index is 0.846. The van der Waals surface area contributed by atoms with Crippen LogP contribution in [0, 0.1) is 11.8 Å². The van der Waals surface area contributed by atoms with Crippen molar-refractivity contribution in [2.45, 2.75) is 25.7 Å². The molecule has 1 aliphatic carbocycles. The maximum atomic E-state index is 3.62. The zero-order valence-electron chi connectivity index (χ0n) is 8.62. The van der Waals surface area contributed by atoms with E-state index >= 15 is 0 Å². The minimum atomic E-state index is 0.846. The van der Waals surface area contributed by atoms with Crippen molar-refractivity contribution < 1.29 is 0 Å². The van der Waals surface area contributed by atoms with Crippen LogP contribution in [0.25, 0.3) is 0 Å². The van der Waals surface area contributed by atoms with E-state index in [1.807, 2.05) is 0 Å². The van der Waals surface area contributed by atoms with Crippen molar-refractivity contribution in [3.63, 3.8) is 0 Å². The molecule has 0 aromatic heterocycles. The van der Waals surface area contributed by atoms with Gasteiger partial charge in [-0.25, -0.2) is 0 Å². The molecule has 2 rings (SSSR count). The molecule has 0 bridgehead atoms. The lowest BCUT2D eigenvalue weighted by atomic mass is 9.99. The number of halogens is 1. The zero-order valence-corrected chi connectivity index (χ0v) is 10.2. The van der Waals surface area contributed by atoms with E-state index < -0.39 is 0 Å². The standard InChI is InChI=1S/C13H17Br/c1-2-10(9-14)12-8-13(12)11-6-4-3-5-7-11/h3-7,10,12-13H,2,8-9H2,1H3. The summed E-state index contributed by atoms with van der Waals surface area (Å²) in [4.78, 5) is 0. The van der Waals surface area contributed by atoms with Crippen molar-refractivity contribution in [3.05, 3.63) is 35.9 Å². The lowest BCUT2D eigenvalue weighted by Gasteiger charge is -2.10. The van der Waals surface area contributed by atoms with Crippen LogP contribution in [-0.2, 0) is 0 Å². The van der Waals surface area contributed by atoms with Crippen molar-refractivity contribution in [2.75, 3.05) is 5.33 Å². The average Bonchev–Trinajstić information content (AvgIpc) is 3.01. The molecule has 76 valence electrons. The van der Waals surface area contributed by atoms with Gasteiger partial charge in [0.05, 0.1) is 0 Å². The smallest absolute Gasteiger partial charge is 0.00624 e. The predicted octanol–water partition coefficient (Wildman–Crippen LogP) is 4.21. The lowest BCUT2D eigenvalue weighted by Crippen LogP contribution is -2.03. The first-order valence-electron chi connectivity index (χ1n) is 5.47. The predicted molar refractivity (Wildman–Crippen MR) is 64.9 cm³/mol. The fraction of sp³-hybridized carbons (Fsp3) is 0.538. The van der Waals surface area contributed by atoms with E-state index in [-0.39, 0.29) is 0 Å². The molecule has 0 amide bonds. The normalized spacial score (nSPS) is 27.3. The molecule has 0 radical (unpaired) electrons. The molecule has 3 atom stereocenters. The summed E-state index contributed by atoms with van der Waals surface area (Å²) in [6.07, 6.45) is 2.70. The molecule has 0 heterocycles. The monoisotopic (exact) mass is 252 g/mol. The number of hydrogen-bond acceptors (Lipinski definition) is 0. The summed E-state index contributed by atoms with van der Waals surface area (Å²) in [6.45, 7) is 2.30. The van der Waals surface area contributed by atoms with Gasteiger partial charge in [0.15, 0.2) is 0 Å². The fourth-order valence-corrected chi connectivity index (χ4v) is 3.28. The fourth-order valence-electron chi connectivity index (χ4n) is 2.35. The van der Waals surface area contributed by atoms with Crippen LogP contribution < -0.4 is 0 Å². The molecule has 14 heavy (non-hydrogen) atoms. The van der Waals surface area contributed by atoms with Gasteiger partial charge in [-0.3, -0.25) is 0 Å². The molecule has 1 fully saturated rings. The van der Waals surface area contributed by atoms with Crippen LogP contribution in [0.2, 0.25) is 0 Å². The molecular weight excluding hydrogens is 236 g/mol. The van der Waals surface area contributed by atoms with E-state index in [4.69, 9.17) is 0 Å². The highest BCUT2D eigenvalue weighted by molar-refractivity contribution is 9.09. The Bertz CT molecular complexity index is 277. The second kappa shape index (κ2) is 4.48. The van der Waals surface area contributed by atoms with Gasteiger partial charge in [-0.2, -0.15) is 0 Å². The van der Waals surface area contributed by atoms with Gasteiger partial charge in [-0.15, -0.1) is 0 Å². The van der Waals surface area contributed by atoms with Crippen LogP contribution in [0.5, 0.6) is 0 Å². The Kier molecular flexibility index (Phi) is 3.27. The Morgan fingerprint density at radius 1 is 1.36 bits per heavy atom. The van der Waals surface area contributed by atoms with Crippen LogP contribution in [0.15, 0.2) is 30.3 Å². The Morgan fingerprint density at radius 2 is 2.07 bits per heavy atom. The Hall–Kier alpha value is -0.300. The third kappa shape index (κ3) is 2.03. The van der Waals surface area contributed by atoms with Gasteiger partial charge in [0, 0.05) is 5.33 Å². The molecule has 0 spiro atoms.